The Bertz CT molecular complexity index is 609. The molecule has 0 spiro atoms. The van der Waals surface area contributed by atoms with Gasteiger partial charge in [0.05, 0.1) is 5.69 Å². The van der Waals surface area contributed by atoms with Crippen molar-refractivity contribution >= 4 is 5.69 Å². The van der Waals surface area contributed by atoms with Crippen LogP contribution in [0.5, 0.6) is 0 Å². The number of nitrogens with one attached hydrogen (secondary N) is 1. The normalized spacial score (nSPS) is 16.0. The van der Waals surface area contributed by atoms with Crippen LogP contribution >= 0.6 is 0 Å². The third kappa shape index (κ3) is 3.45. The highest BCUT2D eigenvalue weighted by atomic mass is 19.1. The molecule has 1 fully saturated rings. The topological polar surface area (TPSA) is 28.2 Å². The Morgan fingerprint density at radius 1 is 1.27 bits per heavy atom. The van der Waals surface area contributed by atoms with Crippen LogP contribution in [0.2, 0.25) is 0 Å². The largest absolute Gasteiger partial charge is 0.369 e. The third-order valence-electron chi connectivity index (χ3n) is 4.25. The molecule has 3 nitrogen and oxygen atoms in total. The van der Waals surface area contributed by atoms with Crippen LogP contribution in [-0.4, -0.2) is 18.1 Å². The number of benzene rings is 1. The summed E-state index contributed by atoms with van der Waals surface area (Å²) in [6.45, 7) is 4.71. The molecule has 0 amide bonds. The molecular formula is C18H22FN3. The third-order valence-corrected chi connectivity index (χ3v) is 4.25. The van der Waals surface area contributed by atoms with Gasteiger partial charge in [-0.25, -0.2) is 4.39 Å². The zero-order valence-electron chi connectivity index (χ0n) is 12.9. The predicted octanol–water partition coefficient (Wildman–Crippen LogP) is 3.67. The van der Waals surface area contributed by atoms with E-state index in [-0.39, 0.29) is 11.9 Å². The summed E-state index contributed by atoms with van der Waals surface area (Å²) in [5.74, 6) is -0.116. The molecule has 1 aromatic heterocycles. The highest BCUT2D eigenvalue weighted by Crippen LogP contribution is 2.26. The Labute approximate surface area is 131 Å². The number of anilines is 1. The fraction of sp³-hybridized carbons (Fsp3) is 0.389. The molecule has 1 N–H and O–H groups in total. The van der Waals surface area contributed by atoms with Crippen molar-refractivity contribution < 1.29 is 4.39 Å². The number of hydrogen-bond acceptors (Lipinski definition) is 3. The van der Waals surface area contributed by atoms with E-state index in [1.54, 1.807) is 12.3 Å². The molecule has 0 saturated carbocycles. The van der Waals surface area contributed by atoms with Crippen LogP contribution in [0.25, 0.3) is 0 Å². The molecule has 0 radical (unpaired) electrons. The Hall–Kier alpha value is -1.94. The maximum absolute atomic E-state index is 14.3. The van der Waals surface area contributed by atoms with Crippen molar-refractivity contribution in [3.05, 3.63) is 59.7 Å². The number of pyridine rings is 1. The van der Waals surface area contributed by atoms with Crippen molar-refractivity contribution in [3.63, 3.8) is 0 Å². The van der Waals surface area contributed by atoms with Gasteiger partial charge in [0.1, 0.15) is 5.82 Å². The SMILES string of the molecule is C[C@H](NCc1cccnc1)c1ccc(N2CCCC2)c(F)c1. The first kappa shape index (κ1) is 15.0. The second-order valence-electron chi connectivity index (χ2n) is 5.87. The Morgan fingerprint density at radius 3 is 2.77 bits per heavy atom. The lowest BCUT2D eigenvalue weighted by atomic mass is 10.1. The molecule has 2 aromatic rings. The summed E-state index contributed by atoms with van der Waals surface area (Å²) in [7, 11) is 0. The molecule has 22 heavy (non-hydrogen) atoms. The van der Waals surface area contributed by atoms with Gasteiger partial charge in [-0.05, 0) is 49.1 Å². The summed E-state index contributed by atoms with van der Waals surface area (Å²) in [6.07, 6.45) is 5.92. The molecule has 0 unspecified atom stereocenters. The van der Waals surface area contributed by atoms with Crippen molar-refractivity contribution in [2.24, 2.45) is 0 Å². The molecule has 2 heterocycles. The van der Waals surface area contributed by atoms with Gasteiger partial charge in [0.2, 0.25) is 0 Å². The quantitative estimate of drug-likeness (QED) is 0.913. The first-order valence-electron chi connectivity index (χ1n) is 7.91. The molecule has 3 rings (SSSR count). The van der Waals surface area contributed by atoms with Gasteiger partial charge in [-0.3, -0.25) is 4.98 Å². The molecule has 1 atom stereocenters. The van der Waals surface area contributed by atoms with Crippen LogP contribution in [0.1, 0.15) is 36.9 Å². The van der Waals surface area contributed by atoms with Crippen LogP contribution < -0.4 is 10.2 Å². The number of rotatable bonds is 5. The van der Waals surface area contributed by atoms with Crippen molar-refractivity contribution in [1.29, 1.82) is 0 Å². The Balaban J connectivity index is 1.65. The summed E-state index contributed by atoms with van der Waals surface area (Å²) >= 11 is 0. The monoisotopic (exact) mass is 299 g/mol. The van der Waals surface area contributed by atoms with E-state index < -0.39 is 0 Å². The Kier molecular flexibility index (Phi) is 4.68. The molecule has 116 valence electrons. The van der Waals surface area contributed by atoms with Gasteiger partial charge >= 0.3 is 0 Å². The fourth-order valence-electron chi connectivity index (χ4n) is 2.90. The lowest BCUT2D eigenvalue weighted by molar-refractivity contribution is 0.564. The summed E-state index contributed by atoms with van der Waals surface area (Å²) in [4.78, 5) is 6.23. The average molecular weight is 299 g/mol. The Morgan fingerprint density at radius 2 is 2.09 bits per heavy atom. The molecule has 1 aromatic carbocycles. The van der Waals surface area contributed by atoms with Crippen LogP contribution in [-0.2, 0) is 6.54 Å². The highest BCUT2D eigenvalue weighted by Gasteiger charge is 2.17. The van der Waals surface area contributed by atoms with Crippen LogP contribution in [0.4, 0.5) is 10.1 Å². The fourth-order valence-corrected chi connectivity index (χ4v) is 2.90. The zero-order valence-corrected chi connectivity index (χ0v) is 12.9. The second kappa shape index (κ2) is 6.88. The smallest absolute Gasteiger partial charge is 0.146 e. The van der Waals surface area contributed by atoms with Gasteiger partial charge in [0.15, 0.2) is 0 Å². The second-order valence-corrected chi connectivity index (χ2v) is 5.87. The van der Waals surface area contributed by atoms with Crippen LogP contribution in [0.15, 0.2) is 42.7 Å². The van der Waals surface area contributed by atoms with Crippen LogP contribution in [0.3, 0.4) is 0 Å². The maximum atomic E-state index is 14.3. The van der Waals surface area contributed by atoms with E-state index in [1.807, 2.05) is 30.5 Å². The summed E-state index contributed by atoms with van der Waals surface area (Å²) < 4.78 is 14.3. The lowest BCUT2D eigenvalue weighted by Gasteiger charge is -2.20. The minimum atomic E-state index is -0.116. The standard InChI is InChI=1S/C18H22FN3/c1-14(21-13-15-5-4-8-20-12-15)16-6-7-18(17(19)11-16)22-9-2-3-10-22/h4-8,11-12,14,21H,2-3,9-10,13H2,1H3/t14-/m0/s1. The van der Waals surface area contributed by atoms with E-state index >= 15 is 0 Å². The molecule has 1 aliphatic heterocycles. The van der Waals surface area contributed by atoms with E-state index in [1.165, 1.54) is 0 Å². The molecule has 4 heteroatoms. The molecule has 1 aliphatic rings. The van der Waals surface area contributed by atoms with E-state index in [9.17, 15) is 4.39 Å². The minimum Gasteiger partial charge on any atom is -0.369 e. The number of aromatic nitrogens is 1. The maximum Gasteiger partial charge on any atom is 0.146 e. The van der Waals surface area contributed by atoms with Gasteiger partial charge < -0.3 is 10.2 Å². The van der Waals surface area contributed by atoms with Gasteiger partial charge in [0, 0.05) is 38.1 Å². The molecular weight excluding hydrogens is 277 g/mol. The molecule has 0 aliphatic carbocycles. The average Bonchev–Trinajstić information content (AvgIpc) is 3.07. The van der Waals surface area contributed by atoms with Gasteiger partial charge in [0.25, 0.3) is 0 Å². The predicted molar refractivity (Wildman–Crippen MR) is 87.3 cm³/mol. The van der Waals surface area contributed by atoms with E-state index in [2.05, 4.69) is 22.1 Å². The van der Waals surface area contributed by atoms with E-state index in [4.69, 9.17) is 0 Å². The van der Waals surface area contributed by atoms with Crippen molar-refractivity contribution in [2.45, 2.75) is 32.4 Å². The van der Waals surface area contributed by atoms with E-state index in [0.29, 0.717) is 0 Å². The molecule has 0 bridgehead atoms. The van der Waals surface area contributed by atoms with Gasteiger partial charge in [-0.1, -0.05) is 12.1 Å². The highest BCUT2D eigenvalue weighted by molar-refractivity contribution is 5.50. The number of hydrogen-bond donors (Lipinski definition) is 1. The minimum absolute atomic E-state index is 0.0994. The first-order chi connectivity index (χ1) is 10.7. The summed E-state index contributed by atoms with van der Waals surface area (Å²) in [6, 6.07) is 9.66. The van der Waals surface area contributed by atoms with Gasteiger partial charge in [-0.15, -0.1) is 0 Å². The van der Waals surface area contributed by atoms with Crippen molar-refractivity contribution in [2.75, 3.05) is 18.0 Å². The first-order valence-corrected chi connectivity index (χ1v) is 7.91. The van der Waals surface area contributed by atoms with Crippen LogP contribution in [0, 0.1) is 5.82 Å². The molecule has 1 saturated heterocycles. The number of halogens is 1. The van der Waals surface area contributed by atoms with Crippen molar-refractivity contribution in [1.82, 2.24) is 10.3 Å². The van der Waals surface area contributed by atoms with E-state index in [0.717, 1.165) is 49.3 Å². The number of nitrogens with zero attached hydrogens (tertiary/aromatic N) is 2. The summed E-state index contributed by atoms with van der Waals surface area (Å²) in [5, 5.41) is 3.41. The van der Waals surface area contributed by atoms with Gasteiger partial charge in [-0.2, -0.15) is 0 Å². The lowest BCUT2D eigenvalue weighted by Crippen LogP contribution is -2.21. The zero-order chi connectivity index (χ0) is 15.4. The summed E-state index contributed by atoms with van der Waals surface area (Å²) in [5.41, 5.74) is 2.84. The van der Waals surface area contributed by atoms with Crippen molar-refractivity contribution in [3.8, 4) is 0 Å².